The first kappa shape index (κ1) is 15.3. The van der Waals surface area contributed by atoms with Gasteiger partial charge in [0.2, 0.25) is 5.91 Å². The average Bonchev–Trinajstić information content (AvgIpc) is 2.83. The highest BCUT2D eigenvalue weighted by Gasteiger charge is 2.33. The number of aldehydes is 1. The number of hydrogen-bond acceptors (Lipinski definition) is 4. The lowest BCUT2D eigenvalue weighted by Crippen LogP contribution is -2.39. The van der Waals surface area contributed by atoms with Gasteiger partial charge in [-0.1, -0.05) is 0 Å². The third-order valence-electron chi connectivity index (χ3n) is 3.25. The minimum absolute atomic E-state index is 0.197. The van der Waals surface area contributed by atoms with Crippen molar-refractivity contribution in [2.45, 2.75) is 43.4 Å². The van der Waals surface area contributed by atoms with Gasteiger partial charge in [-0.3, -0.25) is 4.79 Å². The van der Waals surface area contributed by atoms with E-state index in [1.807, 2.05) is 0 Å². The molecule has 0 aromatic carbocycles. The summed E-state index contributed by atoms with van der Waals surface area (Å²) in [7, 11) is 0. The van der Waals surface area contributed by atoms with E-state index in [2.05, 4.69) is 5.32 Å². The molecule has 7 heteroatoms. The average molecular weight is 276 g/mol. The second-order valence-corrected chi connectivity index (χ2v) is 5.81. The molecular formula is C11H20N2O4S. The Morgan fingerprint density at radius 2 is 2.28 bits per heavy atom. The normalized spacial score (nSPS) is 26.6. The Labute approximate surface area is 109 Å². The summed E-state index contributed by atoms with van der Waals surface area (Å²) in [5.74, 6) is -0.455. The van der Waals surface area contributed by atoms with E-state index in [0.29, 0.717) is 44.9 Å². The first-order valence-corrected chi connectivity index (χ1v) is 7.30. The Bertz CT molecular complexity index is 324. The number of carbonyl (C=O) groups excluding carboxylic acids is 2. The molecule has 1 saturated carbocycles. The quantitative estimate of drug-likeness (QED) is 0.440. The van der Waals surface area contributed by atoms with E-state index < -0.39 is 17.1 Å². The van der Waals surface area contributed by atoms with Gasteiger partial charge in [-0.15, -0.1) is 0 Å². The van der Waals surface area contributed by atoms with E-state index in [1.54, 1.807) is 0 Å². The molecule has 0 spiro atoms. The molecule has 1 fully saturated rings. The molecule has 0 saturated heterocycles. The van der Waals surface area contributed by atoms with Crippen LogP contribution in [0.1, 0.15) is 32.1 Å². The third kappa shape index (κ3) is 4.47. The predicted molar refractivity (Wildman–Crippen MR) is 68.2 cm³/mol. The zero-order valence-electron chi connectivity index (χ0n) is 10.2. The van der Waals surface area contributed by atoms with Gasteiger partial charge in [0.1, 0.15) is 6.29 Å². The van der Waals surface area contributed by atoms with Gasteiger partial charge in [-0.05, 0) is 38.6 Å². The fraction of sp³-hybridized carbons (Fsp3) is 0.818. The monoisotopic (exact) mass is 276 g/mol. The summed E-state index contributed by atoms with van der Waals surface area (Å²) < 4.78 is 19.9. The summed E-state index contributed by atoms with van der Waals surface area (Å²) in [6.07, 6.45) is 3.52. The minimum atomic E-state index is -1.86. The molecule has 6 nitrogen and oxygen atoms in total. The van der Waals surface area contributed by atoms with Crippen molar-refractivity contribution >= 4 is 23.3 Å². The molecule has 1 aliphatic carbocycles. The maximum Gasteiger partial charge on any atom is 0.223 e. The summed E-state index contributed by atoms with van der Waals surface area (Å²) in [5.41, 5.74) is 5.35. The highest BCUT2D eigenvalue weighted by Crippen LogP contribution is 2.28. The zero-order valence-corrected chi connectivity index (χ0v) is 11.0. The van der Waals surface area contributed by atoms with Crippen LogP contribution < -0.4 is 11.1 Å². The molecule has 104 valence electrons. The standard InChI is InChI=1S/C11H20N2O4S/c12-5-1-2-9(7-14)13-11(15)8-3-4-10(6-8)18(16)17/h7-10H,1-6,12H2,(H,13,15)(H,16,17). The van der Waals surface area contributed by atoms with E-state index in [0.717, 1.165) is 0 Å². The lowest BCUT2D eigenvalue weighted by atomic mass is 10.1. The number of carbonyl (C=O) groups is 2. The van der Waals surface area contributed by atoms with Gasteiger partial charge < -0.3 is 20.4 Å². The molecule has 0 aliphatic heterocycles. The van der Waals surface area contributed by atoms with Crippen LogP contribution in [0.15, 0.2) is 0 Å². The summed E-state index contributed by atoms with van der Waals surface area (Å²) in [6.45, 7) is 0.481. The summed E-state index contributed by atoms with van der Waals surface area (Å²) in [5, 5.41) is 2.34. The van der Waals surface area contributed by atoms with E-state index in [-0.39, 0.29) is 17.1 Å². The zero-order chi connectivity index (χ0) is 13.5. The van der Waals surface area contributed by atoms with E-state index in [1.165, 1.54) is 0 Å². The molecule has 0 aromatic rings. The number of nitrogens with two attached hydrogens (primary N) is 1. The van der Waals surface area contributed by atoms with Crippen LogP contribution in [0.3, 0.4) is 0 Å². The molecule has 18 heavy (non-hydrogen) atoms. The van der Waals surface area contributed by atoms with E-state index >= 15 is 0 Å². The maximum absolute atomic E-state index is 11.9. The van der Waals surface area contributed by atoms with Crippen molar-refractivity contribution in [3.05, 3.63) is 0 Å². The number of rotatable bonds is 7. The molecular weight excluding hydrogens is 256 g/mol. The summed E-state index contributed by atoms with van der Waals surface area (Å²) >= 11 is -1.86. The molecule has 1 amide bonds. The minimum Gasteiger partial charge on any atom is -0.346 e. The smallest absolute Gasteiger partial charge is 0.223 e. The van der Waals surface area contributed by atoms with Crippen LogP contribution in [0.25, 0.3) is 0 Å². The lowest BCUT2D eigenvalue weighted by Gasteiger charge is -2.15. The topological polar surface area (TPSA) is 109 Å². The van der Waals surface area contributed by atoms with Gasteiger partial charge in [0.05, 0.1) is 11.3 Å². The van der Waals surface area contributed by atoms with Gasteiger partial charge in [-0.25, -0.2) is 4.21 Å². The molecule has 4 N–H and O–H groups in total. The van der Waals surface area contributed by atoms with Crippen molar-refractivity contribution in [1.29, 1.82) is 0 Å². The maximum atomic E-state index is 11.9. The van der Waals surface area contributed by atoms with Gasteiger partial charge >= 0.3 is 0 Å². The molecule has 0 bridgehead atoms. The van der Waals surface area contributed by atoms with Crippen LogP contribution >= 0.6 is 0 Å². The van der Waals surface area contributed by atoms with Crippen LogP contribution in [-0.4, -0.2) is 38.8 Å². The van der Waals surface area contributed by atoms with Crippen molar-refractivity contribution in [1.82, 2.24) is 5.32 Å². The van der Waals surface area contributed by atoms with Crippen LogP contribution in [0.2, 0.25) is 0 Å². The largest absolute Gasteiger partial charge is 0.346 e. The van der Waals surface area contributed by atoms with Gasteiger partial charge in [0.15, 0.2) is 11.1 Å². The van der Waals surface area contributed by atoms with Gasteiger partial charge in [-0.2, -0.15) is 0 Å². The third-order valence-corrected chi connectivity index (χ3v) is 4.25. The fourth-order valence-electron chi connectivity index (χ4n) is 2.17. The van der Waals surface area contributed by atoms with E-state index in [9.17, 15) is 13.8 Å². The number of nitrogens with one attached hydrogen (secondary N) is 1. The van der Waals surface area contributed by atoms with Crippen LogP contribution in [0, 0.1) is 5.92 Å². The lowest BCUT2D eigenvalue weighted by molar-refractivity contribution is -0.127. The molecule has 0 radical (unpaired) electrons. The first-order chi connectivity index (χ1) is 8.58. The summed E-state index contributed by atoms with van der Waals surface area (Å²) in [6, 6.07) is -0.500. The number of hydrogen-bond donors (Lipinski definition) is 3. The van der Waals surface area contributed by atoms with Crippen LogP contribution in [-0.2, 0) is 20.7 Å². The number of amides is 1. The van der Waals surface area contributed by atoms with Crippen molar-refractivity contribution in [3.8, 4) is 0 Å². The Morgan fingerprint density at radius 3 is 2.78 bits per heavy atom. The van der Waals surface area contributed by atoms with Gasteiger partial charge in [0, 0.05) is 5.92 Å². The van der Waals surface area contributed by atoms with Crippen LogP contribution in [0.4, 0.5) is 0 Å². The molecule has 4 unspecified atom stereocenters. The Kier molecular flexibility index (Phi) is 6.45. The summed E-state index contributed by atoms with van der Waals surface area (Å²) in [4.78, 5) is 22.7. The van der Waals surface area contributed by atoms with Crippen molar-refractivity contribution in [2.24, 2.45) is 11.7 Å². The second kappa shape index (κ2) is 7.60. The Balaban J connectivity index is 2.40. The highest BCUT2D eigenvalue weighted by molar-refractivity contribution is 7.79. The van der Waals surface area contributed by atoms with E-state index in [4.69, 9.17) is 10.3 Å². The van der Waals surface area contributed by atoms with Crippen molar-refractivity contribution < 1.29 is 18.4 Å². The predicted octanol–water partition coefficient (Wildman–Crippen LogP) is -0.201. The SMILES string of the molecule is NCCCC(C=O)NC(=O)C1CCC(S(=O)O)C1. The molecule has 4 atom stereocenters. The molecule has 0 heterocycles. The van der Waals surface area contributed by atoms with Crippen molar-refractivity contribution in [2.75, 3.05) is 6.54 Å². The highest BCUT2D eigenvalue weighted by atomic mass is 32.2. The first-order valence-electron chi connectivity index (χ1n) is 6.13. The Hall–Kier alpha value is -0.790. The van der Waals surface area contributed by atoms with Crippen molar-refractivity contribution in [3.63, 3.8) is 0 Å². The Morgan fingerprint density at radius 1 is 1.56 bits per heavy atom. The molecule has 1 aliphatic rings. The van der Waals surface area contributed by atoms with Gasteiger partial charge in [0.25, 0.3) is 0 Å². The fourth-order valence-corrected chi connectivity index (χ4v) is 2.91. The molecule has 1 rings (SSSR count). The van der Waals surface area contributed by atoms with Crippen LogP contribution in [0.5, 0.6) is 0 Å². The molecule has 0 aromatic heterocycles. The second-order valence-electron chi connectivity index (χ2n) is 4.59.